The second kappa shape index (κ2) is 5.26. The summed E-state index contributed by atoms with van der Waals surface area (Å²) in [5.74, 6) is -2.36. The van der Waals surface area contributed by atoms with Crippen LogP contribution in [0.15, 0.2) is 0 Å². The van der Waals surface area contributed by atoms with Crippen molar-refractivity contribution in [3.05, 3.63) is 0 Å². The zero-order valence-electron chi connectivity index (χ0n) is 10.2. The number of esters is 1. The van der Waals surface area contributed by atoms with Crippen molar-refractivity contribution in [3.63, 3.8) is 0 Å². The van der Waals surface area contributed by atoms with Gasteiger partial charge >= 0.3 is 17.3 Å². The molecular weight excluding hydrogens is 292 g/mol. The van der Waals surface area contributed by atoms with E-state index < -0.39 is 33.1 Å². The van der Waals surface area contributed by atoms with Crippen LogP contribution in [-0.2, 0) is 19.4 Å². The molecule has 0 saturated heterocycles. The second-order valence-electron chi connectivity index (χ2n) is 4.56. The zero-order valence-corrected chi connectivity index (χ0v) is 11.0. The molecule has 0 N–H and O–H groups in total. The molecule has 19 heavy (non-hydrogen) atoms. The van der Waals surface area contributed by atoms with Crippen molar-refractivity contribution in [1.29, 1.82) is 0 Å². The van der Waals surface area contributed by atoms with Crippen molar-refractivity contribution in [2.24, 2.45) is 5.92 Å². The minimum Gasteiger partial charge on any atom is -0.395 e. The maximum Gasteiger partial charge on any atom is 0.482 e. The SMILES string of the molecule is CS(=O)(=O)C(F)(F)C(F)(F)OC(=O)C1CCCCC1. The van der Waals surface area contributed by atoms with E-state index in [0.29, 0.717) is 12.8 Å². The van der Waals surface area contributed by atoms with Crippen LogP contribution in [0.2, 0.25) is 0 Å². The Morgan fingerprint density at radius 1 is 1.11 bits per heavy atom. The summed E-state index contributed by atoms with van der Waals surface area (Å²) >= 11 is 0. The summed E-state index contributed by atoms with van der Waals surface area (Å²) in [5.41, 5.74) is 0. The molecule has 1 rings (SSSR count). The fraction of sp³-hybridized carbons (Fsp3) is 0.900. The van der Waals surface area contributed by atoms with Crippen molar-refractivity contribution in [2.45, 2.75) is 43.5 Å². The molecule has 1 fully saturated rings. The molecule has 0 bridgehead atoms. The van der Waals surface area contributed by atoms with Gasteiger partial charge in [-0.25, -0.2) is 8.42 Å². The molecule has 0 radical (unpaired) electrons. The maximum absolute atomic E-state index is 13.1. The summed E-state index contributed by atoms with van der Waals surface area (Å²) in [6, 6.07) is 0. The molecule has 0 aromatic rings. The Balaban J connectivity index is 2.81. The molecule has 1 saturated carbocycles. The number of halogens is 4. The van der Waals surface area contributed by atoms with E-state index in [4.69, 9.17) is 0 Å². The molecule has 4 nitrogen and oxygen atoms in total. The first-order valence-electron chi connectivity index (χ1n) is 5.67. The highest BCUT2D eigenvalue weighted by Gasteiger charge is 2.67. The summed E-state index contributed by atoms with van der Waals surface area (Å²) < 4.78 is 77.0. The van der Waals surface area contributed by atoms with Gasteiger partial charge in [0.1, 0.15) is 0 Å². The molecule has 0 heterocycles. The number of alkyl halides is 4. The first-order chi connectivity index (χ1) is 8.49. The van der Waals surface area contributed by atoms with Gasteiger partial charge in [0.05, 0.1) is 5.92 Å². The molecule has 0 amide bonds. The number of carbonyl (C=O) groups is 1. The zero-order chi connectivity index (χ0) is 14.9. The molecule has 0 aromatic carbocycles. The van der Waals surface area contributed by atoms with Gasteiger partial charge in [0.25, 0.3) is 0 Å². The number of rotatable bonds is 4. The van der Waals surface area contributed by atoms with Crippen LogP contribution in [0.5, 0.6) is 0 Å². The summed E-state index contributed by atoms with van der Waals surface area (Å²) in [5, 5.41) is -5.44. The van der Waals surface area contributed by atoms with Crippen LogP contribution in [0.4, 0.5) is 17.6 Å². The van der Waals surface area contributed by atoms with Crippen LogP contribution in [-0.4, -0.2) is 32.0 Å². The lowest BCUT2D eigenvalue weighted by atomic mass is 9.89. The van der Waals surface area contributed by atoms with Crippen molar-refractivity contribution < 1.29 is 35.5 Å². The normalized spacial score (nSPS) is 19.2. The standard InChI is InChI=1S/C10H14F4O4S/c1-19(16,17)10(13,14)9(11,12)18-8(15)7-5-3-2-4-6-7/h7H,2-6H2,1H3. The molecule has 0 unspecified atom stereocenters. The van der Waals surface area contributed by atoms with E-state index in [0.717, 1.165) is 6.42 Å². The Hall–Kier alpha value is -0.860. The lowest BCUT2D eigenvalue weighted by Crippen LogP contribution is -2.50. The summed E-state index contributed by atoms with van der Waals surface area (Å²) in [4.78, 5) is 11.4. The van der Waals surface area contributed by atoms with Gasteiger partial charge < -0.3 is 4.74 Å². The molecule has 0 aliphatic heterocycles. The third-order valence-corrected chi connectivity index (χ3v) is 4.14. The lowest BCUT2D eigenvalue weighted by Gasteiger charge is -2.27. The minimum absolute atomic E-state index is 0.0463. The number of hydrogen-bond donors (Lipinski definition) is 0. The Labute approximate surface area is 108 Å². The highest BCUT2D eigenvalue weighted by atomic mass is 32.2. The van der Waals surface area contributed by atoms with Crippen LogP contribution in [0.1, 0.15) is 32.1 Å². The summed E-state index contributed by atoms with van der Waals surface area (Å²) in [7, 11) is -5.40. The third-order valence-electron chi connectivity index (χ3n) is 2.97. The quantitative estimate of drug-likeness (QED) is 0.591. The van der Waals surface area contributed by atoms with Crippen LogP contribution in [0, 0.1) is 5.92 Å². The Bertz CT molecular complexity index is 440. The molecule has 0 spiro atoms. The van der Waals surface area contributed by atoms with E-state index in [1.54, 1.807) is 0 Å². The fourth-order valence-corrected chi connectivity index (χ4v) is 2.30. The molecular formula is C10H14F4O4S. The minimum atomic E-state index is -5.44. The van der Waals surface area contributed by atoms with Crippen molar-refractivity contribution in [2.75, 3.05) is 6.26 Å². The summed E-state index contributed by atoms with van der Waals surface area (Å²) in [6.45, 7) is 0. The van der Waals surface area contributed by atoms with Gasteiger partial charge in [-0.15, -0.1) is 0 Å². The van der Waals surface area contributed by atoms with E-state index >= 15 is 0 Å². The van der Waals surface area contributed by atoms with Gasteiger partial charge in [0.15, 0.2) is 0 Å². The van der Waals surface area contributed by atoms with Gasteiger partial charge in [-0.2, -0.15) is 17.6 Å². The number of hydrogen-bond acceptors (Lipinski definition) is 4. The van der Waals surface area contributed by atoms with E-state index in [-0.39, 0.29) is 19.1 Å². The molecule has 112 valence electrons. The largest absolute Gasteiger partial charge is 0.482 e. The molecule has 1 aliphatic rings. The van der Waals surface area contributed by atoms with Gasteiger partial charge in [-0.05, 0) is 12.8 Å². The number of ether oxygens (including phenoxy) is 1. The molecule has 0 atom stereocenters. The second-order valence-corrected chi connectivity index (χ2v) is 6.62. The van der Waals surface area contributed by atoms with E-state index in [1.165, 1.54) is 0 Å². The molecule has 0 aromatic heterocycles. The molecule has 9 heteroatoms. The maximum atomic E-state index is 13.1. The Kier molecular flexibility index (Phi) is 4.48. The van der Waals surface area contributed by atoms with Crippen LogP contribution >= 0.6 is 0 Å². The summed E-state index contributed by atoms with van der Waals surface area (Å²) in [6.07, 6.45) is -2.79. The van der Waals surface area contributed by atoms with Crippen molar-refractivity contribution >= 4 is 15.8 Å². The van der Waals surface area contributed by atoms with Gasteiger partial charge in [-0.3, -0.25) is 4.79 Å². The third kappa shape index (κ3) is 3.37. The number of sulfone groups is 1. The van der Waals surface area contributed by atoms with Crippen molar-refractivity contribution in [1.82, 2.24) is 0 Å². The smallest absolute Gasteiger partial charge is 0.395 e. The average molecular weight is 306 g/mol. The van der Waals surface area contributed by atoms with E-state index in [2.05, 4.69) is 4.74 Å². The van der Waals surface area contributed by atoms with Gasteiger partial charge in [0.2, 0.25) is 9.84 Å². The predicted octanol–water partition coefficient (Wildman–Crippen LogP) is 2.34. The highest BCUT2D eigenvalue weighted by Crippen LogP contribution is 2.40. The first-order valence-corrected chi connectivity index (χ1v) is 7.56. The van der Waals surface area contributed by atoms with Crippen molar-refractivity contribution in [3.8, 4) is 0 Å². The van der Waals surface area contributed by atoms with Crippen LogP contribution in [0.3, 0.4) is 0 Å². The average Bonchev–Trinajstić information content (AvgIpc) is 2.28. The van der Waals surface area contributed by atoms with E-state index in [1.807, 2.05) is 0 Å². The Morgan fingerprint density at radius 3 is 2.00 bits per heavy atom. The van der Waals surface area contributed by atoms with E-state index in [9.17, 15) is 30.8 Å². The lowest BCUT2D eigenvalue weighted by molar-refractivity contribution is -0.302. The molecule has 1 aliphatic carbocycles. The monoisotopic (exact) mass is 306 g/mol. The predicted molar refractivity (Wildman–Crippen MR) is 57.4 cm³/mol. The first kappa shape index (κ1) is 16.2. The Morgan fingerprint density at radius 2 is 1.58 bits per heavy atom. The van der Waals surface area contributed by atoms with Gasteiger partial charge in [0, 0.05) is 6.26 Å². The van der Waals surface area contributed by atoms with Crippen LogP contribution < -0.4 is 0 Å². The number of carbonyl (C=O) groups excluding carboxylic acids is 1. The van der Waals surface area contributed by atoms with Crippen LogP contribution in [0.25, 0.3) is 0 Å². The topological polar surface area (TPSA) is 60.4 Å². The van der Waals surface area contributed by atoms with Gasteiger partial charge in [-0.1, -0.05) is 19.3 Å². The fourth-order valence-electron chi connectivity index (χ4n) is 1.82. The highest BCUT2D eigenvalue weighted by molar-refractivity contribution is 7.91.